The van der Waals surface area contributed by atoms with Gasteiger partial charge in [0.1, 0.15) is 0 Å². The van der Waals surface area contributed by atoms with Crippen molar-refractivity contribution >= 4 is 17.5 Å². The summed E-state index contributed by atoms with van der Waals surface area (Å²) in [6, 6.07) is 8.18. The highest BCUT2D eigenvalue weighted by Crippen LogP contribution is 2.20. The molecule has 2 atom stereocenters. The summed E-state index contributed by atoms with van der Waals surface area (Å²) < 4.78 is 0. The number of halogens is 1. The molecular formula is C16H23ClN2O. The molecule has 0 aliphatic carbocycles. The normalized spacial score (nSPS) is 22.6. The van der Waals surface area contributed by atoms with Crippen molar-refractivity contribution in [3.8, 4) is 0 Å². The summed E-state index contributed by atoms with van der Waals surface area (Å²) >= 11 is 6.01. The highest BCUT2D eigenvalue weighted by molar-refractivity contribution is 6.30. The summed E-state index contributed by atoms with van der Waals surface area (Å²) in [5.41, 5.74) is 1.09. The van der Waals surface area contributed by atoms with Crippen LogP contribution in [0.3, 0.4) is 0 Å². The number of hydrogen-bond acceptors (Lipinski definition) is 2. The maximum atomic E-state index is 12.6. The number of carbonyl (C=O) groups is 1. The lowest BCUT2D eigenvalue weighted by atomic mass is 9.92. The van der Waals surface area contributed by atoms with Gasteiger partial charge in [-0.2, -0.15) is 0 Å². The molecule has 0 unspecified atom stereocenters. The van der Waals surface area contributed by atoms with Crippen molar-refractivity contribution < 1.29 is 4.79 Å². The molecular weight excluding hydrogens is 272 g/mol. The Morgan fingerprint density at radius 1 is 1.50 bits per heavy atom. The average Bonchev–Trinajstić information content (AvgIpc) is 2.44. The fourth-order valence-electron chi connectivity index (χ4n) is 2.82. The predicted octanol–water partition coefficient (Wildman–Crippen LogP) is 3.08. The van der Waals surface area contributed by atoms with Crippen LogP contribution in [0.1, 0.15) is 32.3 Å². The minimum Gasteiger partial charge on any atom is -0.338 e. The summed E-state index contributed by atoms with van der Waals surface area (Å²) in [4.78, 5) is 14.6. The Morgan fingerprint density at radius 3 is 2.95 bits per heavy atom. The van der Waals surface area contributed by atoms with E-state index in [-0.39, 0.29) is 11.8 Å². The Bertz CT molecular complexity index is 464. The van der Waals surface area contributed by atoms with E-state index in [1.807, 2.05) is 36.1 Å². The van der Waals surface area contributed by atoms with Crippen molar-refractivity contribution in [1.29, 1.82) is 0 Å². The number of piperidine rings is 1. The molecule has 0 spiro atoms. The Kier molecular flexibility index (Phi) is 5.44. The topological polar surface area (TPSA) is 32.3 Å². The number of nitrogens with one attached hydrogen (secondary N) is 1. The van der Waals surface area contributed by atoms with Crippen molar-refractivity contribution in [1.82, 2.24) is 10.2 Å². The second-order valence-electron chi connectivity index (χ2n) is 5.56. The molecule has 1 aromatic rings. The first kappa shape index (κ1) is 15.3. The zero-order chi connectivity index (χ0) is 14.5. The minimum atomic E-state index is 0.158. The molecule has 1 aromatic carbocycles. The van der Waals surface area contributed by atoms with Crippen molar-refractivity contribution in [3.05, 3.63) is 34.9 Å². The summed E-state index contributed by atoms with van der Waals surface area (Å²) in [5.74, 6) is 0.436. The van der Waals surface area contributed by atoms with E-state index in [0.29, 0.717) is 12.6 Å². The molecule has 1 aliphatic rings. The third-order valence-corrected chi connectivity index (χ3v) is 4.16. The van der Waals surface area contributed by atoms with Gasteiger partial charge in [-0.05, 0) is 50.9 Å². The Labute approximate surface area is 126 Å². The van der Waals surface area contributed by atoms with Gasteiger partial charge in [0.05, 0.1) is 0 Å². The summed E-state index contributed by atoms with van der Waals surface area (Å²) in [6.45, 7) is 6.50. The molecule has 0 aromatic heterocycles. The first-order valence-corrected chi connectivity index (χ1v) is 7.74. The predicted molar refractivity (Wildman–Crippen MR) is 82.7 cm³/mol. The molecule has 110 valence electrons. The van der Waals surface area contributed by atoms with Gasteiger partial charge in [-0.3, -0.25) is 4.79 Å². The minimum absolute atomic E-state index is 0.158. The van der Waals surface area contributed by atoms with Crippen LogP contribution in [0.15, 0.2) is 24.3 Å². The molecule has 0 saturated carbocycles. The van der Waals surface area contributed by atoms with E-state index in [4.69, 9.17) is 11.6 Å². The van der Waals surface area contributed by atoms with Gasteiger partial charge in [0.25, 0.3) is 0 Å². The largest absolute Gasteiger partial charge is 0.338 e. The van der Waals surface area contributed by atoms with Crippen LogP contribution in [0.2, 0.25) is 5.02 Å². The molecule has 4 heteroatoms. The standard InChI is InChI=1S/C16H23ClN2O/c1-3-19(11-13-5-4-6-15(17)10-13)16(20)14-7-8-18-12(2)9-14/h4-6,10,12,14,18H,3,7-9,11H2,1-2H3/t12-,14-/m0/s1. The van der Waals surface area contributed by atoms with E-state index in [2.05, 4.69) is 12.2 Å². The quantitative estimate of drug-likeness (QED) is 0.925. The third kappa shape index (κ3) is 3.97. The Balaban J connectivity index is 2.02. The van der Waals surface area contributed by atoms with Gasteiger partial charge in [-0.15, -0.1) is 0 Å². The second-order valence-corrected chi connectivity index (χ2v) is 6.00. The number of amides is 1. The third-order valence-electron chi connectivity index (χ3n) is 3.93. The van der Waals surface area contributed by atoms with Crippen LogP contribution >= 0.6 is 11.6 Å². The molecule has 0 bridgehead atoms. The lowest BCUT2D eigenvalue weighted by Gasteiger charge is -2.31. The van der Waals surface area contributed by atoms with Crippen molar-refractivity contribution in [3.63, 3.8) is 0 Å². The Hall–Kier alpha value is -1.06. The monoisotopic (exact) mass is 294 g/mol. The molecule has 1 saturated heterocycles. The number of hydrogen-bond donors (Lipinski definition) is 1. The van der Waals surface area contributed by atoms with Crippen molar-refractivity contribution in [2.45, 2.75) is 39.3 Å². The summed E-state index contributed by atoms with van der Waals surface area (Å²) in [6.07, 6.45) is 1.88. The smallest absolute Gasteiger partial charge is 0.226 e. The van der Waals surface area contributed by atoms with Crippen LogP contribution < -0.4 is 5.32 Å². The summed E-state index contributed by atoms with van der Waals surface area (Å²) in [7, 11) is 0. The number of rotatable bonds is 4. The van der Waals surface area contributed by atoms with Crippen LogP contribution in [-0.2, 0) is 11.3 Å². The van der Waals surface area contributed by atoms with Crippen LogP contribution in [0.5, 0.6) is 0 Å². The zero-order valence-corrected chi connectivity index (χ0v) is 13.0. The highest BCUT2D eigenvalue weighted by Gasteiger charge is 2.27. The molecule has 1 heterocycles. The lowest BCUT2D eigenvalue weighted by molar-refractivity contribution is -0.137. The van der Waals surface area contributed by atoms with E-state index in [1.165, 1.54) is 0 Å². The molecule has 20 heavy (non-hydrogen) atoms. The van der Waals surface area contributed by atoms with E-state index in [0.717, 1.165) is 36.5 Å². The molecule has 3 nitrogen and oxygen atoms in total. The van der Waals surface area contributed by atoms with E-state index >= 15 is 0 Å². The second kappa shape index (κ2) is 7.09. The van der Waals surface area contributed by atoms with Crippen molar-refractivity contribution in [2.24, 2.45) is 5.92 Å². The van der Waals surface area contributed by atoms with Gasteiger partial charge in [-0.1, -0.05) is 23.7 Å². The number of nitrogens with zero attached hydrogens (tertiary/aromatic N) is 1. The van der Waals surface area contributed by atoms with Crippen LogP contribution in [0.25, 0.3) is 0 Å². The fraction of sp³-hybridized carbons (Fsp3) is 0.562. The van der Waals surface area contributed by atoms with Gasteiger partial charge in [0.2, 0.25) is 5.91 Å². The molecule has 1 N–H and O–H groups in total. The van der Waals surface area contributed by atoms with E-state index in [9.17, 15) is 4.79 Å². The van der Waals surface area contributed by atoms with Crippen LogP contribution in [0, 0.1) is 5.92 Å². The number of carbonyl (C=O) groups excluding carboxylic acids is 1. The SMILES string of the molecule is CCN(Cc1cccc(Cl)c1)C(=O)[C@H]1CCN[C@@H](C)C1. The van der Waals surface area contributed by atoms with Crippen LogP contribution in [0.4, 0.5) is 0 Å². The maximum Gasteiger partial charge on any atom is 0.226 e. The summed E-state index contributed by atoms with van der Waals surface area (Å²) in [5, 5.41) is 4.12. The van der Waals surface area contributed by atoms with Gasteiger partial charge in [0, 0.05) is 30.1 Å². The molecule has 1 fully saturated rings. The Morgan fingerprint density at radius 2 is 2.30 bits per heavy atom. The molecule has 0 radical (unpaired) electrons. The van der Waals surface area contributed by atoms with Crippen LogP contribution in [-0.4, -0.2) is 29.9 Å². The lowest BCUT2D eigenvalue weighted by Crippen LogP contribution is -2.43. The van der Waals surface area contributed by atoms with E-state index < -0.39 is 0 Å². The van der Waals surface area contributed by atoms with Gasteiger partial charge >= 0.3 is 0 Å². The van der Waals surface area contributed by atoms with Gasteiger partial charge in [0.15, 0.2) is 0 Å². The number of benzene rings is 1. The first-order chi connectivity index (χ1) is 9.60. The maximum absolute atomic E-state index is 12.6. The zero-order valence-electron chi connectivity index (χ0n) is 12.2. The average molecular weight is 295 g/mol. The first-order valence-electron chi connectivity index (χ1n) is 7.36. The van der Waals surface area contributed by atoms with Gasteiger partial charge < -0.3 is 10.2 Å². The molecule has 2 rings (SSSR count). The molecule has 1 amide bonds. The highest BCUT2D eigenvalue weighted by atomic mass is 35.5. The fourth-order valence-corrected chi connectivity index (χ4v) is 3.03. The van der Waals surface area contributed by atoms with Gasteiger partial charge in [-0.25, -0.2) is 0 Å². The van der Waals surface area contributed by atoms with E-state index in [1.54, 1.807) is 0 Å². The van der Waals surface area contributed by atoms with Crippen molar-refractivity contribution in [2.75, 3.05) is 13.1 Å². The molecule has 1 aliphatic heterocycles.